The van der Waals surface area contributed by atoms with E-state index in [1.54, 1.807) is 30.3 Å². The van der Waals surface area contributed by atoms with Crippen molar-refractivity contribution in [2.75, 3.05) is 0 Å². The van der Waals surface area contributed by atoms with E-state index in [9.17, 15) is 9.59 Å². The molecule has 24 heavy (non-hydrogen) atoms. The number of ether oxygens (including phenoxy) is 1. The van der Waals surface area contributed by atoms with Crippen molar-refractivity contribution in [2.45, 2.75) is 0 Å². The molecule has 0 fully saturated rings. The molecule has 1 aromatic carbocycles. The number of nitrogens with zero attached hydrogens (tertiary/aromatic N) is 3. The van der Waals surface area contributed by atoms with Gasteiger partial charge in [-0.25, -0.2) is 4.79 Å². The molecule has 3 aromatic rings. The Hall–Kier alpha value is -3.33. The Morgan fingerprint density at radius 2 is 2.12 bits per heavy atom. The molecule has 0 saturated carbocycles. The molecule has 0 radical (unpaired) electrons. The number of esters is 1. The molecule has 1 N–H and O–H groups in total. The average Bonchev–Trinajstić information content (AvgIpc) is 3.10. The van der Waals surface area contributed by atoms with E-state index in [1.165, 1.54) is 18.5 Å². The lowest BCUT2D eigenvalue weighted by Gasteiger charge is -2.02. The smallest absolute Gasteiger partial charge is 0.379 e. The van der Waals surface area contributed by atoms with Crippen LogP contribution in [0.25, 0.3) is 0 Å². The molecule has 0 unspecified atom stereocenters. The fourth-order valence-electron chi connectivity index (χ4n) is 1.75. The summed E-state index contributed by atoms with van der Waals surface area (Å²) in [4.78, 5) is 23.3. The first-order valence-electron chi connectivity index (χ1n) is 6.70. The van der Waals surface area contributed by atoms with Crippen LogP contribution in [-0.2, 0) is 0 Å². The molecule has 120 valence electrons. The summed E-state index contributed by atoms with van der Waals surface area (Å²) in [5.41, 5.74) is 0.241. The van der Waals surface area contributed by atoms with Gasteiger partial charge in [0.1, 0.15) is 11.9 Å². The highest BCUT2D eigenvalue weighted by molar-refractivity contribution is 7.71. The van der Waals surface area contributed by atoms with Gasteiger partial charge in [0.05, 0.1) is 12.5 Å². The third kappa shape index (κ3) is 3.52. The standard InChI is InChI=1S/C15H10N4O4S/c20-13-9-16-18-15(24)19(13)17-8-10-3-5-11(6-4-10)23-14(21)12-2-1-7-22-12/h1-9H,(H,18,24)/b17-8+. The summed E-state index contributed by atoms with van der Waals surface area (Å²) >= 11 is 4.93. The lowest BCUT2D eigenvalue weighted by molar-refractivity contribution is 0.0701. The largest absolute Gasteiger partial charge is 0.457 e. The summed E-state index contributed by atoms with van der Waals surface area (Å²) in [6.07, 6.45) is 3.91. The molecular formula is C15H10N4O4S. The Balaban J connectivity index is 1.73. The molecular weight excluding hydrogens is 332 g/mol. The van der Waals surface area contributed by atoms with Gasteiger partial charge in [0, 0.05) is 0 Å². The topological polar surface area (TPSA) is 102 Å². The van der Waals surface area contributed by atoms with Gasteiger partial charge >= 0.3 is 5.97 Å². The maximum absolute atomic E-state index is 11.7. The van der Waals surface area contributed by atoms with Crippen LogP contribution in [0, 0.1) is 4.77 Å². The molecule has 2 heterocycles. The maximum atomic E-state index is 11.7. The molecule has 0 aliphatic heterocycles. The van der Waals surface area contributed by atoms with Gasteiger partial charge in [-0.2, -0.15) is 14.9 Å². The molecule has 0 aliphatic carbocycles. The van der Waals surface area contributed by atoms with E-state index in [0.29, 0.717) is 11.3 Å². The van der Waals surface area contributed by atoms with Gasteiger partial charge in [-0.05, 0) is 54.2 Å². The van der Waals surface area contributed by atoms with Crippen molar-refractivity contribution >= 4 is 24.4 Å². The van der Waals surface area contributed by atoms with Gasteiger partial charge in [-0.1, -0.05) is 0 Å². The molecule has 9 heteroatoms. The predicted molar refractivity (Wildman–Crippen MR) is 86.8 cm³/mol. The van der Waals surface area contributed by atoms with Crippen LogP contribution in [0.2, 0.25) is 0 Å². The van der Waals surface area contributed by atoms with Crippen LogP contribution in [-0.4, -0.2) is 27.1 Å². The van der Waals surface area contributed by atoms with Crippen LogP contribution >= 0.6 is 12.2 Å². The summed E-state index contributed by atoms with van der Waals surface area (Å²) < 4.78 is 11.2. The van der Waals surface area contributed by atoms with Crippen molar-refractivity contribution in [3.63, 3.8) is 0 Å². The number of nitrogens with one attached hydrogen (secondary N) is 1. The van der Waals surface area contributed by atoms with Crippen LogP contribution in [0.1, 0.15) is 16.1 Å². The van der Waals surface area contributed by atoms with E-state index in [-0.39, 0.29) is 10.5 Å². The summed E-state index contributed by atoms with van der Waals surface area (Å²) in [5, 5.41) is 10.0. The highest BCUT2D eigenvalue weighted by Crippen LogP contribution is 2.13. The monoisotopic (exact) mass is 342 g/mol. The highest BCUT2D eigenvalue weighted by atomic mass is 32.1. The van der Waals surface area contributed by atoms with E-state index in [4.69, 9.17) is 21.4 Å². The number of hydrogen-bond acceptors (Lipinski definition) is 7. The van der Waals surface area contributed by atoms with E-state index in [1.807, 2.05) is 0 Å². The Labute approximate surface area is 140 Å². The van der Waals surface area contributed by atoms with Gasteiger partial charge < -0.3 is 9.15 Å². The number of furan rings is 1. The molecule has 0 spiro atoms. The third-order valence-electron chi connectivity index (χ3n) is 2.87. The number of hydrogen-bond donors (Lipinski definition) is 1. The van der Waals surface area contributed by atoms with Crippen molar-refractivity contribution < 1.29 is 13.9 Å². The average molecular weight is 342 g/mol. The Morgan fingerprint density at radius 3 is 2.79 bits per heavy atom. The summed E-state index contributed by atoms with van der Waals surface area (Å²) in [7, 11) is 0. The summed E-state index contributed by atoms with van der Waals surface area (Å²) in [6, 6.07) is 9.65. The number of rotatable bonds is 4. The Bertz CT molecular complexity index is 959. The minimum absolute atomic E-state index is 0.0859. The number of carbonyl (C=O) groups excluding carboxylic acids is 1. The van der Waals surface area contributed by atoms with Crippen molar-refractivity contribution in [2.24, 2.45) is 5.10 Å². The second-order valence-corrected chi connectivity index (χ2v) is 4.89. The molecule has 3 rings (SSSR count). The normalized spacial score (nSPS) is 10.8. The van der Waals surface area contributed by atoms with Crippen LogP contribution in [0.3, 0.4) is 0 Å². The van der Waals surface area contributed by atoms with Crippen LogP contribution < -0.4 is 10.3 Å². The minimum atomic E-state index is -0.587. The van der Waals surface area contributed by atoms with Crippen LogP contribution in [0.5, 0.6) is 5.75 Å². The molecule has 0 atom stereocenters. The number of aromatic amines is 1. The summed E-state index contributed by atoms with van der Waals surface area (Å²) in [6.45, 7) is 0. The number of benzene rings is 1. The first kappa shape index (κ1) is 15.6. The Morgan fingerprint density at radius 1 is 1.33 bits per heavy atom. The predicted octanol–water partition coefficient (Wildman–Crippen LogP) is 2.00. The number of carbonyl (C=O) groups is 1. The molecule has 8 nitrogen and oxygen atoms in total. The van der Waals surface area contributed by atoms with Crippen LogP contribution in [0.15, 0.2) is 63.2 Å². The summed E-state index contributed by atoms with van der Waals surface area (Å²) in [5.74, 6) is -0.116. The van der Waals surface area contributed by atoms with Gasteiger partial charge in [0.25, 0.3) is 5.56 Å². The van der Waals surface area contributed by atoms with E-state index in [0.717, 1.165) is 10.9 Å². The number of H-pyrrole nitrogens is 1. The van der Waals surface area contributed by atoms with Gasteiger partial charge in [0.2, 0.25) is 10.5 Å². The van der Waals surface area contributed by atoms with E-state index >= 15 is 0 Å². The molecule has 2 aromatic heterocycles. The Kier molecular flexibility index (Phi) is 4.43. The van der Waals surface area contributed by atoms with Crippen molar-refractivity contribution in [1.29, 1.82) is 0 Å². The zero-order valence-corrected chi connectivity index (χ0v) is 12.9. The maximum Gasteiger partial charge on any atom is 0.379 e. The zero-order valence-electron chi connectivity index (χ0n) is 12.1. The van der Waals surface area contributed by atoms with E-state index < -0.39 is 11.5 Å². The molecule has 0 aliphatic rings. The second kappa shape index (κ2) is 6.84. The van der Waals surface area contributed by atoms with Crippen molar-refractivity contribution in [3.05, 3.63) is 75.3 Å². The van der Waals surface area contributed by atoms with E-state index in [2.05, 4.69) is 15.3 Å². The first-order valence-corrected chi connectivity index (χ1v) is 7.11. The van der Waals surface area contributed by atoms with Gasteiger partial charge in [-0.3, -0.25) is 9.89 Å². The van der Waals surface area contributed by atoms with Crippen molar-refractivity contribution in [1.82, 2.24) is 14.9 Å². The molecule has 0 amide bonds. The van der Waals surface area contributed by atoms with Gasteiger partial charge in [0.15, 0.2) is 0 Å². The zero-order chi connectivity index (χ0) is 16.9. The second-order valence-electron chi connectivity index (χ2n) is 4.51. The third-order valence-corrected chi connectivity index (χ3v) is 3.14. The fraction of sp³-hybridized carbons (Fsp3) is 0. The van der Waals surface area contributed by atoms with Gasteiger partial charge in [-0.15, -0.1) is 0 Å². The lowest BCUT2D eigenvalue weighted by Crippen LogP contribution is -2.18. The SMILES string of the molecule is O=C(Oc1ccc(/C=N/n2c(=O)cn[nH]c2=S)cc1)c1ccco1. The van der Waals surface area contributed by atoms with Crippen molar-refractivity contribution in [3.8, 4) is 5.75 Å². The quantitative estimate of drug-likeness (QED) is 0.337. The lowest BCUT2D eigenvalue weighted by atomic mass is 10.2. The molecule has 0 bridgehead atoms. The first-order chi connectivity index (χ1) is 11.6. The number of aromatic nitrogens is 3. The fourth-order valence-corrected chi connectivity index (χ4v) is 1.94. The van der Waals surface area contributed by atoms with Crippen LogP contribution in [0.4, 0.5) is 0 Å². The molecule has 0 saturated heterocycles. The minimum Gasteiger partial charge on any atom is -0.457 e. The highest BCUT2D eigenvalue weighted by Gasteiger charge is 2.10.